The molecule has 32 valence electrons. The Kier molecular flexibility index (Phi) is 0.722. The Balaban J connectivity index is 2.45. The van der Waals surface area contributed by atoms with Crippen molar-refractivity contribution < 1.29 is 0 Å². The van der Waals surface area contributed by atoms with E-state index in [2.05, 4.69) is 16.4 Å². The topological polar surface area (TPSA) is 36.1 Å². The van der Waals surface area contributed by atoms with Crippen LogP contribution in [0.1, 0.15) is 0 Å². The third kappa shape index (κ3) is 0.465. The van der Waals surface area contributed by atoms with E-state index in [-0.39, 0.29) is 0 Å². The lowest BCUT2D eigenvalue weighted by molar-refractivity contribution is 0.610. The number of nitrogens with one attached hydrogen (secondary N) is 3. The van der Waals surface area contributed by atoms with Crippen molar-refractivity contribution in [3.05, 3.63) is 11.8 Å². The van der Waals surface area contributed by atoms with Gasteiger partial charge in [-0.1, -0.05) is 0 Å². The monoisotopic (exact) mass is 83.1 g/mol. The lowest BCUT2D eigenvalue weighted by Crippen LogP contribution is -2.31. The van der Waals surface area contributed by atoms with Crippen LogP contribution < -0.4 is 16.4 Å². The minimum absolute atomic E-state index is 1.11. The smallest absolute Gasteiger partial charge is 0.164 e. The molecule has 3 N–H and O–H groups in total. The molecule has 0 bridgehead atoms. The largest absolute Gasteiger partial charge is 0.317 e. The van der Waals surface area contributed by atoms with Gasteiger partial charge in [-0.3, -0.25) is 0 Å². The molecule has 0 spiro atoms. The molecule has 0 radical (unpaired) electrons. The van der Waals surface area contributed by atoms with E-state index < -0.39 is 0 Å². The molecule has 1 heterocycles. The molecule has 0 atom stereocenters. The number of hydrazine groups is 2. The van der Waals surface area contributed by atoms with Crippen LogP contribution in [-0.2, 0) is 0 Å². The van der Waals surface area contributed by atoms with Gasteiger partial charge < -0.3 is 10.9 Å². The van der Waals surface area contributed by atoms with Gasteiger partial charge in [-0.2, -0.15) is 5.53 Å². The molecule has 1 aliphatic heterocycles. The fraction of sp³-hybridized carbons (Fsp3) is 0. The molecule has 1 aliphatic rings. The van der Waals surface area contributed by atoms with Crippen LogP contribution in [0.2, 0.25) is 0 Å². The summed E-state index contributed by atoms with van der Waals surface area (Å²) in [6.45, 7) is 0. The summed E-state index contributed by atoms with van der Waals surface area (Å²) in [5.41, 5.74) is 9.35. The van der Waals surface area contributed by atoms with Gasteiger partial charge in [0.05, 0.1) is 0 Å². The van der Waals surface area contributed by atoms with Gasteiger partial charge in [0.1, 0.15) is 0 Å². The highest BCUT2D eigenvalue weighted by Crippen LogP contribution is 1.74. The second-order valence-electron chi connectivity index (χ2n) is 1.22. The summed E-state index contributed by atoms with van der Waals surface area (Å²) in [4.78, 5) is 0. The highest BCUT2D eigenvalue weighted by atomic mass is 15.6. The first-order chi connectivity index (χ1) is 2.89. The van der Waals surface area contributed by atoms with Crippen molar-refractivity contribution in [3.8, 4) is 0 Å². The van der Waals surface area contributed by atoms with Gasteiger partial charge in [-0.25, -0.2) is 0 Å². The van der Waals surface area contributed by atoms with Gasteiger partial charge in [0.2, 0.25) is 0 Å². The zero-order valence-corrected chi connectivity index (χ0v) is 3.58. The molecule has 6 heavy (non-hydrogen) atoms. The molecule has 0 unspecified atom stereocenters. The second-order valence-corrected chi connectivity index (χ2v) is 1.22. The van der Waals surface area contributed by atoms with E-state index in [0.29, 0.717) is 0 Å². The fourth-order valence-corrected chi connectivity index (χ4v) is 0.315. The lowest BCUT2D eigenvalue weighted by Gasteiger charge is -1.91. The number of hydrogen-bond donors (Lipinski definition) is 3. The Bertz CT molecular complexity index is 78.9. The summed E-state index contributed by atoms with van der Waals surface area (Å²) < 4.78 is 0. The molecular formula is C2H6BN3. The predicted molar refractivity (Wildman–Crippen MR) is 26.0 cm³/mol. The Morgan fingerprint density at radius 3 is 2.67 bits per heavy atom. The molecule has 0 aromatic rings. The van der Waals surface area contributed by atoms with Crippen molar-refractivity contribution >= 4 is 7.85 Å². The molecule has 0 saturated carbocycles. The van der Waals surface area contributed by atoms with Crippen molar-refractivity contribution in [2.24, 2.45) is 0 Å². The van der Waals surface area contributed by atoms with E-state index in [0.717, 1.165) is 5.60 Å². The van der Waals surface area contributed by atoms with E-state index >= 15 is 0 Å². The van der Waals surface area contributed by atoms with Crippen LogP contribution in [0, 0.1) is 0 Å². The molecule has 0 amide bonds. The van der Waals surface area contributed by atoms with Crippen LogP contribution in [-0.4, -0.2) is 7.85 Å². The molecule has 3 nitrogen and oxygen atoms in total. The summed E-state index contributed by atoms with van der Waals surface area (Å²) in [7, 11) is 1.97. The Hall–Kier alpha value is -0.635. The highest BCUT2D eigenvalue weighted by molar-refractivity contribution is 6.21. The van der Waals surface area contributed by atoms with Crippen molar-refractivity contribution in [3.63, 3.8) is 0 Å². The second kappa shape index (κ2) is 1.22. The average Bonchev–Trinajstić information content (AvgIpc) is 1.86. The first kappa shape index (κ1) is 3.55. The maximum Gasteiger partial charge on any atom is 0.164 e. The van der Waals surface area contributed by atoms with E-state index in [1.165, 1.54) is 0 Å². The zero-order valence-electron chi connectivity index (χ0n) is 3.58. The maximum atomic E-state index is 2.82. The third-order valence-electron chi connectivity index (χ3n) is 0.621. The van der Waals surface area contributed by atoms with Crippen LogP contribution in [0.15, 0.2) is 11.8 Å². The molecule has 0 saturated heterocycles. The summed E-state index contributed by atoms with van der Waals surface area (Å²) >= 11 is 0. The summed E-state index contributed by atoms with van der Waals surface area (Å²) in [6.07, 6.45) is 1.85. The quantitative estimate of drug-likeness (QED) is 0.297. The molecule has 0 aliphatic carbocycles. The zero-order chi connectivity index (χ0) is 4.41. The van der Waals surface area contributed by atoms with Crippen molar-refractivity contribution in [2.45, 2.75) is 0 Å². The van der Waals surface area contributed by atoms with Crippen LogP contribution in [0.25, 0.3) is 0 Å². The van der Waals surface area contributed by atoms with Gasteiger partial charge in [0, 0.05) is 6.20 Å². The van der Waals surface area contributed by atoms with E-state index in [4.69, 9.17) is 0 Å². The minimum atomic E-state index is 1.11. The maximum absolute atomic E-state index is 2.82. The summed E-state index contributed by atoms with van der Waals surface area (Å²) in [6, 6.07) is 0. The first-order valence-corrected chi connectivity index (χ1v) is 1.83. The van der Waals surface area contributed by atoms with Gasteiger partial charge in [0.25, 0.3) is 0 Å². The van der Waals surface area contributed by atoms with Crippen molar-refractivity contribution in [2.75, 3.05) is 0 Å². The van der Waals surface area contributed by atoms with Gasteiger partial charge in [-0.05, 0) is 5.60 Å². The SMILES string of the molecule is BC1=CNNN1. The van der Waals surface area contributed by atoms with Crippen molar-refractivity contribution in [1.82, 2.24) is 16.4 Å². The Morgan fingerprint density at radius 2 is 2.50 bits per heavy atom. The van der Waals surface area contributed by atoms with Crippen LogP contribution >= 0.6 is 0 Å². The van der Waals surface area contributed by atoms with Gasteiger partial charge in [-0.15, -0.1) is 0 Å². The predicted octanol–water partition coefficient (Wildman–Crippen LogP) is -1.97. The Morgan fingerprint density at radius 1 is 1.67 bits per heavy atom. The molecule has 1 rings (SSSR count). The van der Waals surface area contributed by atoms with E-state index in [1.807, 2.05) is 14.0 Å². The van der Waals surface area contributed by atoms with Crippen molar-refractivity contribution in [1.29, 1.82) is 0 Å². The standard InChI is InChI=1S/C2H6BN3/c3-2-1-4-6-5-2/h1,4-6H,3H2. The highest BCUT2D eigenvalue weighted by Gasteiger charge is 1.88. The third-order valence-corrected chi connectivity index (χ3v) is 0.621. The average molecular weight is 82.9 g/mol. The van der Waals surface area contributed by atoms with E-state index in [9.17, 15) is 0 Å². The number of hydrogen-bond acceptors (Lipinski definition) is 3. The van der Waals surface area contributed by atoms with Crippen LogP contribution in [0.4, 0.5) is 0 Å². The number of rotatable bonds is 0. The van der Waals surface area contributed by atoms with Gasteiger partial charge >= 0.3 is 0 Å². The first-order valence-electron chi connectivity index (χ1n) is 1.83. The van der Waals surface area contributed by atoms with Crippen LogP contribution in [0.5, 0.6) is 0 Å². The lowest BCUT2D eigenvalue weighted by atomic mass is 10.1. The Labute approximate surface area is 37.2 Å². The molecular weight excluding hydrogens is 76.9 g/mol. The molecule has 0 fully saturated rings. The fourth-order valence-electron chi connectivity index (χ4n) is 0.315. The minimum Gasteiger partial charge on any atom is -0.317 e. The molecule has 0 aromatic carbocycles. The van der Waals surface area contributed by atoms with Gasteiger partial charge in [0.15, 0.2) is 7.85 Å². The summed E-state index contributed by atoms with van der Waals surface area (Å²) in [5.74, 6) is 0. The molecule has 4 heteroatoms. The van der Waals surface area contributed by atoms with Crippen LogP contribution in [0.3, 0.4) is 0 Å². The summed E-state index contributed by atoms with van der Waals surface area (Å²) in [5, 5.41) is 0. The normalized spacial score (nSPS) is 18.3. The molecule has 0 aromatic heterocycles. The van der Waals surface area contributed by atoms with E-state index in [1.54, 1.807) is 0 Å².